The lowest BCUT2D eigenvalue weighted by molar-refractivity contribution is 0.245. The third-order valence-electron chi connectivity index (χ3n) is 3.68. The van der Waals surface area contributed by atoms with Gasteiger partial charge in [-0.25, -0.2) is 4.68 Å². The smallest absolute Gasteiger partial charge is 0.165 e. The molecule has 1 atom stereocenters. The van der Waals surface area contributed by atoms with Gasteiger partial charge in [0.1, 0.15) is 0 Å². The Morgan fingerprint density at radius 1 is 1.47 bits per heavy atom. The molecule has 2 aromatic rings. The third kappa shape index (κ3) is 2.69. The van der Waals surface area contributed by atoms with Gasteiger partial charge in [-0.2, -0.15) is 0 Å². The van der Waals surface area contributed by atoms with E-state index in [1.54, 1.807) is 0 Å². The van der Waals surface area contributed by atoms with Gasteiger partial charge in [0.05, 0.1) is 12.6 Å². The number of hydrogen-bond donors (Lipinski definition) is 0. The van der Waals surface area contributed by atoms with Crippen LogP contribution in [0.4, 0.5) is 0 Å². The zero-order valence-electron chi connectivity index (χ0n) is 11.6. The van der Waals surface area contributed by atoms with Crippen LogP contribution < -0.4 is 0 Å². The third-order valence-corrected chi connectivity index (χ3v) is 4.85. The first-order valence-corrected chi connectivity index (χ1v) is 7.50. The Morgan fingerprint density at radius 3 is 2.89 bits per heavy atom. The number of hydrogen-bond acceptors (Lipinski definition) is 5. The van der Waals surface area contributed by atoms with E-state index in [1.807, 2.05) is 16.0 Å². The van der Waals surface area contributed by atoms with Crippen LogP contribution in [0.15, 0.2) is 12.1 Å². The van der Waals surface area contributed by atoms with Gasteiger partial charge in [-0.15, -0.1) is 16.4 Å². The molecule has 1 unspecified atom stereocenters. The normalized spacial score (nSPS) is 17.1. The summed E-state index contributed by atoms with van der Waals surface area (Å²) in [6, 6.07) is 5.32. The Bertz CT molecular complexity index is 557. The summed E-state index contributed by atoms with van der Waals surface area (Å²) in [6.45, 7) is 5.17. The van der Waals surface area contributed by atoms with Crippen molar-refractivity contribution in [3.63, 3.8) is 0 Å². The molecule has 0 amide bonds. The minimum atomic E-state index is 0.392. The molecule has 1 fully saturated rings. The highest BCUT2D eigenvalue weighted by Gasteiger charge is 2.28. The maximum atomic E-state index is 4.16. The van der Waals surface area contributed by atoms with E-state index in [9.17, 15) is 0 Å². The van der Waals surface area contributed by atoms with Crippen molar-refractivity contribution in [2.45, 2.75) is 45.3 Å². The Balaban J connectivity index is 1.70. The van der Waals surface area contributed by atoms with Crippen LogP contribution in [0.2, 0.25) is 0 Å². The van der Waals surface area contributed by atoms with Crippen LogP contribution in [-0.2, 0) is 6.54 Å². The number of rotatable bonds is 5. The van der Waals surface area contributed by atoms with Crippen molar-refractivity contribution in [3.05, 3.63) is 27.7 Å². The highest BCUT2D eigenvalue weighted by Crippen LogP contribution is 2.35. The number of thiophene rings is 1. The van der Waals surface area contributed by atoms with Gasteiger partial charge in [0.25, 0.3) is 0 Å². The molecule has 0 aromatic carbocycles. The van der Waals surface area contributed by atoms with Gasteiger partial charge >= 0.3 is 0 Å². The molecule has 0 radical (unpaired) electrons. The summed E-state index contributed by atoms with van der Waals surface area (Å²) >= 11 is 1.86. The summed E-state index contributed by atoms with van der Waals surface area (Å²) in [5.74, 6) is 0.977. The van der Waals surface area contributed by atoms with Crippen molar-refractivity contribution in [2.24, 2.45) is 0 Å². The first kappa shape index (κ1) is 12.7. The van der Waals surface area contributed by atoms with Crippen molar-refractivity contribution >= 4 is 11.3 Å². The first-order chi connectivity index (χ1) is 9.15. The largest absolute Gasteiger partial charge is 0.291 e. The molecule has 102 valence electrons. The van der Waals surface area contributed by atoms with Crippen LogP contribution in [-0.4, -0.2) is 32.2 Å². The standard InChI is InChI=1S/C13H19N5S/c1-9-4-7-12(19-9)10(2)17(3)8-13-14-15-16-18(13)11-5-6-11/h4,7,10-11H,5-6,8H2,1-3H3. The lowest BCUT2D eigenvalue weighted by Gasteiger charge is -2.23. The first-order valence-electron chi connectivity index (χ1n) is 6.68. The number of nitrogens with zero attached hydrogens (tertiary/aromatic N) is 5. The highest BCUT2D eigenvalue weighted by molar-refractivity contribution is 7.12. The second-order valence-corrected chi connectivity index (χ2v) is 6.63. The lowest BCUT2D eigenvalue weighted by Crippen LogP contribution is -2.23. The molecule has 19 heavy (non-hydrogen) atoms. The van der Waals surface area contributed by atoms with Crippen molar-refractivity contribution in [1.29, 1.82) is 0 Å². The van der Waals surface area contributed by atoms with Crippen LogP contribution in [0.25, 0.3) is 0 Å². The van der Waals surface area contributed by atoms with E-state index in [0.29, 0.717) is 12.1 Å². The summed E-state index contributed by atoms with van der Waals surface area (Å²) in [5.41, 5.74) is 0. The predicted molar refractivity (Wildman–Crippen MR) is 75.0 cm³/mol. The molecule has 1 aliphatic carbocycles. The minimum Gasteiger partial charge on any atom is -0.291 e. The molecule has 3 rings (SSSR count). The molecule has 0 bridgehead atoms. The molecular weight excluding hydrogens is 258 g/mol. The van der Waals surface area contributed by atoms with Crippen molar-refractivity contribution in [3.8, 4) is 0 Å². The van der Waals surface area contributed by atoms with Crippen molar-refractivity contribution in [2.75, 3.05) is 7.05 Å². The summed E-state index contributed by atoms with van der Waals surface area (Å²) in [5, 5.41) is 12.1. The van der Waals surface area contributed by atoms with E-state index in [1.165, 1.54) is 22.6 Å². The predicted octanol–water partition coefficient (Wildman–Crippen LogP) is 2.57. The van der Waals surface area contributed by atoms with E-state index in [0.717, 1.165) is 12.4 Å². The van der Waals surface area contributed by atoms with Gasteiger partial charge in [0, 0.05) is 15.8 Å². The van der Waals surface area contributed by atoms with E-state index in [4.69, 9.17) is 0 Å². The van der Waals surface area contributed by atoms with E-state index >= 15 is 0 Å². The topological polar surface area (TPSA) is 46.8 Å². The van der Waals surface area contributed by atoms with Gasteiger partial charge in [-0.05, 0) is 56.3 Å². The number of aryl methyl sites for hydroxylation is 1. The molecule has 1 saturated carbocycles. The zero-order valence-corrected chi connectivity index (χ0v) is 12.4. The molecular formula is C13H19N5S. The molecule has 0 N–H and O–H groups in total. The van der Waals surface area contributed by atoms with Crippen LogP contribution >= 0.6 is 11.3 Å². The van der Waals surface area contributed by atoms with Gasteiger partial charge in [0.2, 0.25) is 0 Å². The molecule has 5 nitrogen and oxygen atoms in total. The Morgan fingerprint density at radius 2 is 2.26 bits per heavy atom. The molecule has 0 aliphatic heterocycles. The van der Waals surface area contributed by atoms with Crippen molar-refractivity contribution in [1.82, 2.24) is 25.1 Å². The summed E-state index contributed by atoms with van der Waals surface area (Å²) in [6.07, 6.45) is 2.42. The van der Waals surface area contributed by atoms with Crippen molar-refractivity contribution < 1.29 is 0 Å². The monoisotopic (exact) mass is 277 g/mol. The fraction of sp³-hybridized carbons (Fsp3) is 0.615. The fourth-order valence-electron chi connectivity index (χ4n) is 2.17. The minimum absolute atomic E-state index is 0.392. The number of aromatic nitrogens is 4. The average Bonchev–Trinajstić information content (AvgIpc) is 2.98. The summed E-state index contributed by atoms with van der Waals surface area (Å²) in [4.78, 5) is 5.05. The molecule has 2 aromatic heterocycles. The Hall–Kier alpha value is -1.27. The Kier molecular flexibility index (Phi) is 3.36. The second-order valence-electron chi connectivity index (χ2n) is 5.31. The van der Waals surface area contributed by atoms with Gasteiger partial charge in [-0.1, -0.05) is 0 Å². The fourth-order valence-corrected chi connectivity index (χ4v) is 3.17. The zero-order chi connectivity index (χ0) is 13.4. The van der Waals surface area contributed by atoms with Crippen LogP contribution in [0.5, 0.6) is 0 Å². The molecule has 2 heterocycles. The molecule has 6 heteroatoms. The average molecular weight is 277 g/mol. The molecule has 0 saturated heterocycles. The van der Waals surface area contributed by atoms with E-state index < -0.39 is 0 Å². The van der Waals surface area contributed by atoms with Crippen LogP contribution in [0.1, 0.15) is 47.4 Å². The summed E-state index contributed by atoms with van der Waals surface area (Å²) < 4.78 is 1.99. The van der Waals surface area contributed by atoms with E-state index in [2.05, 4.69) is 53.5 Å². The molecule has 0 spiro atoms. The lowest BCUT2D eigenvalue weighted by atomic mass is 10.2. The van der Waals surface area contributed by atoms with Crippen LogP contribution in [0, 0.1) is 6.92 Å². The SMILES string of the molecule is Cc1ccc(C(C)N(C)Cc2nnnn2C2CC2)s1. The van der Waals surface area contributed by atoms with Gasteiger partial charge < -0.3 is 0 Å². The van der Waals surface area contributed by atoms with Crippen LogP contribution in [0.3, 0.4) is 0 Å². The second kappa shape index (κ2) is 5.02. The molecule has 1 aliphatic rings. The van der Waals surface area contributed by atoms with Gasteiger partial charge in [0.15, 0.2) is 5.82 Å². The van der Waals surface area contributed by atoms with Gasteiger partial charge in [-0.3, -0.25) is 4.90 Å². The van der Waals surface area contributed by atoms with E-state index in [-0.39, 0.29) is 0 Å². The highest BCUT2D eigenvalue weighted by atomic mass is 32.1. The summed E-state index contributed by atoms with van der Waals surface area (Å²) in [7, 11) is 2.13. The Labute approximate surface area is 117 Å². The maximum Gasteiger partial charge on any atom is 0.165 e. The quantitative estimate of drug-likeness (QED) is 0.842. The number of tetrazole rings is 1. The maximum absolute atomic E-state index is 4.16.